The summed E-state index contributed by atoms with van der Waals surface area (Å²) in [4.78, 5) is 14.0. The van der Waals surface area contributed by atoms with E-state index in [4.69, 9.17) is 9.41 Å². The molecule has 0 saturated carbocycles. The van der Waals surface area contributed by atoms with Crippen molar-refractivity contribution in [2.75, 3.05) is 0 Å². The Balaban J connectivity index is 0.875. The molecule has 7 aromatic carbocycles. The SMILES string of the molecule is CC1CC=Nc2c1n(-c1ccc3oc4ccncc4c3c1)c1ccc(-c3cccc(-c4ccc5c(c4)c4ccccc4n5-c4ccc5c(c4)c4cnccc4n5-c4ccccc4)c3)cc21. The van der Waals surface area contributed by atoms with Crippen LogP contribution in [0.4, 0.5) is 5.69 Å². The summed E-state index contributed by atoms with van der Waals surface area (Å²) < 4.78 is 13.3. The second-order valence-corrected chi connectivity index (χ2v) is 17.3. The fourth-order valence-electron chi connectivity index (χ4n) is 10.7. The Kier molecular flexibility index (Phi) is 7.60. The van der Waals surface area contributed by atoms with Crippen molar-refractivity contribution in [3.8, 4) is 39.3 Å². The van der Waals surface area contributed by atoms with E-state index in [0.717, 1.165) is 89.6 Å². The molecule has 306 valence electrons. The first-order valence-electron chi connectivity index (χ1n) is 22.2. The van der Waals surface area contributed by atoms with Gasteiger partial charge in [0.2, 0.25) is 0 Å². The minimum atomic E-state index is 0.308. The van der Waals surface area contributed by atoms with Crippen molar-refractivity contribution in [2.24, 2.45) is 4.99 Å². The zero-order valence-corrected chi connectivity index (χ0v) is 35.4. The third kappa shape index (κ3) is 5.33. The Morgan fingerprint density at radius 1 is 0.431 bits per heavy atom. The van der Waals surface area contributed by atoms with Crippen LogP contribution in [0.15, 0.2) is 198 Å². The van der Waals surface area contributed by atoms with E-state index in [0.29, 0.717) is 5.92 Å². The molecule has 7 nitrogen and oxygen atoms in total. The van der Waals surface area contributed by atoms with Gasteiger partial charge in [-0.05, 0) is 126 Å². The number of benzene rings is 7. The molecule has 13 aromatic rings. The largest absolute Gasteiger partial charge is 0.456 e. The molecule has 0 radical (unpaired) electrons. The van der Waals surface area contributed by atoms with Crippen LogP contribution in [0, 0.1) is 0 Å². The van der Waals surface area contributed by atoms with Crippen molar-refractivity contribution < 1.29 is 4.42 Å². The number of hydrogen-bond acceptors (Lipinski definition) is 4. The summed E-state index contributed by atoms with van der Waals surface area (Å²) in [5.74, 6) is 0.308. The van der Waals surface area contributed by atoms with Gasteiger partial charge in [-0.25, -0.2) is 0 Å². The number of fused-ring (bicyclic) bond motifs is 12. The van der Waals surface area contributed by atoms with E-state index in [1.165, 1.54) is 44.0 Å². The van der Waals surface area contributed by atoms with Crippen molar-refractivity contribution in [1.29, 1.82) is 0 Å². The minimum Gasteiger partial charge on any atom is -0.456 e. The highest BCUT2D eigenvalue weighted by molar-refractivity contribution is 6.13. The normalized spacial score (nSPS) is 14.0. The first kappa shape index (κ1) is 36.0. The van der Waals surface area contributed by atoms with Crippen LogP contribution in [-0.4, -0.2) is 29.9 Å². The summed E-state index contributed by atoms with van der Waals surface area (Å²) in [5.41, 5.74) is 17.8. The summed E-state index contributed by atoms with van der Waals surface area (Å²) in [6.07, 6.45) is 10.5. The number of aromatic nitrogens is 5. The molecule has 7 heteroatoms. The zero-order valence-electron chi connectivity index (χ0n) is 35.4. The van der Waals surface area contributed by atoms with Crippen LogP contribution in [0.3, 0.4) is 0 Å². The van der Waals surface area contributed by atoms with Crippen molar-refractivity contribution >= 4 is 88.4 Å². The molecular weight excluding hydrogens is 797 g/mol. The monoisotopic (exact) mass is 834 g/mol. The second kappa shape index (κ2) is 13.7. The standard InChI is InChI=1S/C58H38N6O/c1-35-22-27-61-57-47-30-39(15-19-53(47)64(58(35)57)42-17-21-55-46(32-42)49-34-60-26-24-56(49)65-55)37-9-7-8-36(28-37)38-14-18-51-44(29-38)43-12-5-6-13-50(43)63(51)41-16-20-52-45(31-41)48-33-59-25-23-54(48)62(52)40-10-3-2-4-11-40/h2-21,23-35H,22H2,1H3. The molecule has 0 spiro atoms. The van der Waals surface area contributed by atoms with Crippen LogP contribution in [0.25, 0.3) is 116 Å². The molecule has 6 aromatic heterocycles. The van der Waals surface area contributed by atoms with Gasteiger partial charge < -0.3 is 18.1 Å². The van der Waals surface area contributed by atoms with E-state index >= 15 is 0 Å². The fourth-order valence-corrected chi connectivity index (χ4v) is 10.7. The Bertz CT molecular complexity index is 4130. The number of pyridine rings is 2. The van der Waals surface area contributed by atoms with Crippen molar-refractivity contribution in [3.63, 3.8) is 0 Å². The van der Waals surface area contributed by atoms with E-state index in [2.05, 4.69) is 195 Å². The third-order valence-electron chi connectivity index (χ3n) is 13.7. The summed E-state index contributed by atoms with van der Waals surface area (Å²) in [5, 5.41) is 7.98. The maximum absolute atomic E-state index is 6.17. The van der Waals surface area contributed by atoms with Gasteiger partial charge >= 0.3 is 0 Å². The number of para-hydroxylation sites is 2. The van der Waals surface area contributed by atoms with Gasteiger partial charge in [0.1, 0.15) is 11.2 Å². The number of hydrogen-bond donors (Lipinski definition) is 0. The van der Waals surface area contributed by atoms with Crippen molar-refractivity contribution in [2.45, 2.75) is 19.3 Å². The Morgan fingerprint density at radius 2 is 1.03 bits per heavy atom. The molecule has 0 bridgehead atoms. The minimum absolute atomic E-state index is 0.308. The van der Waals surface area contributed by atoms with Crippen LogP contribution < -0.4 is 0 Å². The first-order chi connectivity index (χ1) is 32.1. The molecule has 14 rings (SSSR count). The van der Waals surface area contributed by atoms with Crippen LogP contribution >= 0.6 is 0 Å². The molecule has 1 aliphatic heterocycles. The Morgan fingerprint density at radius 3 is 1.88 bits per heavy atom. The molecule has 0 aliphatic carbocycles. The van der Waals surface area contributed by atoms with Crippen molar-refractivity contribution in [1.82, 2.24) is 23.7 Å². The highest BCUT2D eigenvalue weighted by Crippen LogP contribution is 2.45. The van der Waals surface area contributed by atoms with E-state index in [1.807, 2.05) is 24.7 Å². The smallest absolute Gasteiger partial charge is 0.138 e. The summed E-state index contributed by atoms with van der Waals surface area (Å²) >= 11 is 0. The zero-order chi connectivity index (χ0) is 42.8. The molecule has 1 unspecified atom stereocenters. The average Bonchev–Trinajstić information content (AvgIpc) is 4.10. The average molecular weight is 835 g/mol. The summed E-state index contributed by atoms with van der Waals surface area (Å²) in [6.45, 7) is 2.30. The number of furan rings is 1. The quantitative estimate of drug-likeness (QED) is 0.173. The van der Waals surface area contributed by atoms with Crippen LogP contribution in [0.1, 0.15) is 25.0 Å². The second-order valence-electron chi connectivity index (χ2n) is 17.3. The van der Waals surface area contributed by atoms with Gasteiger partial charge in [-0.2, -0.15) is 0 Å². The van der Waals surface area contributed by atoms with Gasteiger partial charge in [0.25, 0.3) is 0 Å². The van der Waals surface area contributed by atoms with Gasteiger partial charge in [-0.15, -0.1) is 0 Å². The first-order valence-corrected chi connectivity index (χ1v) is 22.2. The Labute approximate surface area is 372 Å². The molecule has 0 N–H and O–H groups in total. The molecule has 0 fully saturated rings. The molecule has 0 amide bonds. The van der Waals surface area contributed by atoms with E-state index in [1.54, 1.807) is 6.20 Å². The van der Waals surface area contributed by atoms with Gasteiger partial charge in [0, 0.05) is 91.7 Å². The highest BCUT2D eigenvalue weighted by atomic mass is 16.3. The summed E-state index contributed by atoms with van der Waals surface area (Å²) in [7, 11) is 0. The predicted octanol–water partition coefficient (Wildman–Crippen LogP) is 15.1. The van der Waals surface area contributed by atoms with Gasteiger partial charge in [-0.3, -0.25) is 15.0 Å². The predicted molar refractivity (Wildman–Crippen MR) is 267 cm³/mol. The fraction of sp³-hybridized carbons (Fsp3) is 0.0517. The van der Waals surface area contributed by atoms with Crippen LogP contribution in [-0.2, 0) is 0 Å². The third-order valence-corrected chi connectivity index (χ3v) is 13.7. The van der Waals surface area contributed by atoms with Gasteiger partial charge in [0.15, 0.2) is 0 Å². The lowest BCUT2D eigenvalue weighted by atomic mass is 9.96. The topological polar surface area (TPSA) is 66.1 Å². The Hall–Kier alpha value is -8.55. The highest BCUT2D eigenvalue weighted by Gasteiger charge is 2.26. The van der Waals surface area contributed by atoms with E-state index in [9.17, 15) is 0 Å². The molecule has 65 heavy (non-hydrogen) atoms. The van der Waals surface area contributed by atoms with E-state index in [-0.39, 0.29) is 0 Å². The molecule has 1 atom stereocenters. The maximum Gasteiger partial charge on any atom is 0.138 e. The molecular formula is C58H38N6O. The van der Waals surface area contributed by atoms with E-state index < -0.39 is 0 Å². The summed E-state index contributed by atoms with van der Waals surface area (Å²) in [6, 6.07) is 59.4. The lowest BCUT2D eigenvalue weighted by Gasteiger charge is -2.18. The lowest BCUT2D eigenvalue weighted by molar-refractivity contribution is 0.668. The number of rotatable bonds is 5. The van der Waals surface area contributed by atoms with Gasteiger partial charge in [-0.1, -0.05) is 73.7 Å². The van der Waals surface area contributed by atoms with Crippen molar-refractivity contribution in [3.05, 3.63) is 194 Å². The molecule has 1 aliphatic rings. The van der Waals surface area contributed by atoms with Gasteiger partial charge in [0.05, 0.1) is 39.0 Å². The number of nitrogens with zero attached hydrogens (tertiary/aromatic N) is 6. The molecule has 0 saturated heterocycles. The molecule has 7 heterocycles. The maximum atomic E-state index is 6.17. The number of aliphatic imine (C=N–C) groups is 1. The van der Waals surface area contributed by atoms with Crippen LogP contribution in [0.2, 0.25) is 0 Å². The lowest BCUT2D eigenvalue weighted by Crippen LogP contribution is -2.07. The van der Waals surface area contributed by atoms with Crippen LogP contribution in [0.5, 0.6) is 0 Å².